The Morgan fingerprint density at radius 3 is 2.04 bits per heavy atom. The number of benzene rings is 3. The van der Waals surface area contributed by atoms with Crippen LogP contribution in [0.4, 0.5) is 9.59 Å². The average Bonchev–Trinajstić information content (AvgIpc) is 3.64. The highest BCUT2D eigenvalue weighted by Crippen LogP contribution is 2.44. The van der Waals surface area contributed by atoms with Crippen molar-refractivity contribution in [3.8, 4) is 11.1 Å². The van der Waals surface area contributed by atoms with Gasteiger partial charge in [0.25, 0.3) is 0 Å². The molecular weight excluding hydrogens is 644 g/mol. The summed E-state index contributed by atoms with van der Waals surface area (Å²) in [7, 11) is 0. The molecule has 3 aromatic rings. The lowest BCUT2D eigenvalue weighted by Gasteiger charge is -2.36. The number of aryl methyl sites for hydroxylation is 1. The number of rotatable bonds is 7. The lowest BCUT2D eigenvalue weighted by molar-refractivity contribution is -0.142. The highest BCUT2D eigenvalue weighted by atomic mass is 16.6. The highest BCUT2D eigenvalue weighted by Gasteiger charge is 2.46. The van der Waals surface area contributed by atoms with E-state index in [9.17, 15) is 19.2 Å². The third kappa shape index (κ3) is 8.05. The zero-order valence-corrected chi connectivity index (χ0v) is 30.5. The van der Waals surface area contributed by atoms with E-state index in [1.165, 1.54) is 10.5 Å². The van der Waals surface area contributed by atoms with Crippen LogP contribution >= 0.6 is 0 Å². The Morgan fingerprint density at radius 2 is 1.41 bits per heavy atom. The maximum Gasteiger partial charge on any atom is 0.408 e. The van der Waals surface area contributed by atoms with Crippen LogP contribution in [0.1, 0.15) is 95.0 Å². The summed E-state index contributed by atoms with van der Waals surface area (Å²) in [6.07, 6.45) is 1.54. The Bertz CT molecular complexity index is 1750. The van der Waals surface area contributed by atoms with Crippen molar-refractivity contribution in [2.75, 3.05) is 13.2 Å². The summed E-state index contributed by atoms with van der Waals surface area (Å²) in [5.41, 5.74) is 5.30. The van der Waals surface area contributed by atoms with Crippen molar-refractivity contribution in [2.24, 2.45) is 5.41 Å². The number of amides is 4. The molecule has 1 saturated heterocycles. The summed E-state index contributed by atoms with van der Waals surface area (Å²) < 4.78 is 11.3. The fraction of sp³-hybridized carbons (Fsp3) is 0.463. The van der Waals surface area contributed by atoms with Gasteiger partial charge in [-0.1, -0.05) is 93.6 Å². The van der Waals surface area contributed by atoms with Crippen LogP contribution in [0, 0.1) is 5.41 Å². The van der Waals surface area contributed by atoms with Gasteiger partial charge in [-0.05, 0) is 85.3 Å². The number of carbonyl (C=O) groups is 4. The SMILES string of the molecule is CC(C)(C)OC(=O)N[C@H](C(=O)N1C[C@@H](NC(=O)OCC2c3ccccc3-c3ccccc32)C[C@H]1C(=O)N[C@@H]1CCCc2ccccc21)C(C)(C)C. The van der Waals surface area contributed by atoms with Gasteiger partial charge in [-0.3, -0.25) is 9.59 Å². The Kier molecular flexibility index (Phi) is 10.2. The number of carbonyl (C=O) groups excluding carboxylic acids is 4. The van der Waals surface area contributed by atoms with E-state index in [0.29, 0.717) is 0 Å². The summed E-state index contributed by atoms with van der Waals surface area (Å²) >= 11 is 0. The first-order valence-corrected chi connectivity index (χ1v) is 18.0. The van der Waals surface area contributed by atoms with Crippen molar-refractivity contribution < 1.29 is 28.7 Å². The molecule has 0 unspecified atom stereocenters. The Balaban J connectivity index is 1.19. The van der Waals surface area contributed by atoms with E-state index in [2.05, 4.69) is 46.3 Å². The van der Waals surface area contributed by atoms with Crippen molar-refractivity contribution in [3.63, 3.8) is 0 Å². The minimum Gasteiger partial charge on any atom is -0.449 e. The van der Waals surface area contributed by atoms with Crippen LogP contribution in [-0.4, -0.2) is 65.8 Å². The Hall–Kier alpha value is -4.86. The number of fused-ring (bicyclic) bond motifs is 4. The minimum atomic E-state index is -0.994. The van der Waals surface area contributed by atoms with E-state index < -0.39 is 47.2 Å². The van der Waals surface area contributed by atoms with Crippen LogP contribution in [0.25, 0.3) is 11.1 Å². The molecule has 3 aromatic carbocycles. The van der Waals surface area contributed by atoms with Crippen LogP contribution in [-0.2, 0) is 25.5 Å². The molecule has 6 rings (SSSR count). The molecule has 4 amide bonds. The molecule has 10 nitrogen and oxygen atoms in total. The lowest BCUT2D eigenvalue weighted by Crippen LogP contribution is -2.58. The zero-order chi connectivity index (χ0) is 36.5. The number of likely N-dealkylation sites (tertiary alicyclic amines) is 1. The number of ether oxygens (including phenoxy) is 2. The molecule has 1 heterocycles. The van der Waals surface area contributed by atoms with Crippen LogP contribution in [0.15, 0.2) is 72.8 Å². The van der Waals surface area contributed by atoms with Gasteiger partial charge in [0.1, 0.15) is 24.3 Å². The van der Waals surface area contributed by atoms with Gasteiger partial charge in [0, 0.05) is 12.5 Å². The van der Waals surface area contributed by atoms with Gasteiger partial charge in [0.15, 0.2) is 0 Å². The van der Waals surface area contributed by atoms with E-state index in [4.69, 9.17) is 9.47 Å². The van der Waals surface area contributed by atoms with Gasteiger partial charge in [0.05, 0.1) is 12.1 Å². The number of hydrogen-bond donors (Lipinski definition) is 3. The zero-order valence-electron chi connectivity index (χ0n) is 30.5. The molecule has 2 aliphatic carbocycles. The second-order valence-electron chi connectivity index (χ2n) is 16.0. The third-order valence-electron chi connectivity index (χ3n) is 10.0. The van der Waals surface area contributed by atoms with E-state index in [-0.39, 0.29) is 37.4 Å². The normalized spacial score (nSPS) is 20.4. The quantitative estimate of drug-likeness (QED) is 0.255. The van der Waals surface area contributed by atoms with Crippen molar-refractivity contribution in [1.82, 2.24) is 20.9 Å². The van der Waals surface area contributed by atoms with Crippen LogP contribution in [0.2, 0.25) is 0 Å². The van der Waals surface area contributed by atoms with Crippen LogP contribution < -0.4 is 16.0 Å². The first-order chi connectivity index (χ1) is 24.2. The lowest BCUT2D eigenvalue weighted by atomic mass is 9.85. The number of hydrogen-bond acceptors (Lipinski definition) is 6. The topological polar surface area (TPSA) is 126 Å². The van der Waals surface area contributed by atoms with E-state index in [1.807, 2.05) is 63.2 Å². The van der Waals surface area contributed by atoms with E-state index in [1.54, 1.807) is 20.8 Å². The molecule has 0 radical (unpaired) electrons. The standard InChI is InChI=1S/C41H50N4O6/c1-40(2,3)35(44-39(49)51-41(4,5)6)37(47)45-23-26(22-34(45)36(46)43-33-21-13-15-25-14-7-8-16-27(25)33)42-38(48)50-24-32-30-19-11-9-17-28(30)29-18-10-12-20-31(29)32/h7-12,14,16-20,26,32-35H,13,15,21-24H2,1-6H3,(H,42,48)(H,43,46)(H,44,49)/t26-,33+,34-,35+/m0/s1. The van der Waals surface area contributed by atoms with Crippen molar-refractivity contribution in [3.05, 3.63) is 95.1 Å². The fourth-order valence-corrected chi connectivity index (χ4v) is 7.65. The van der Waals surface area contributed by atoms with Crippen molar-refractivity contribution >= 4 is 24.0 Å². The van der Waals surface area contributed by atoms with Gasteiger partial charge in [-0.15, -0.1) is 0 Å². The molecule has 0 saturated carbocycles. The monoisotopic (exact) mass is 694 g/mol. The fourth-order valence-electron chi connectivity index (χ4n) is 7.65. The molecule has 3 aliphatic rings. The summed E-state index contributed by atoms with van der Waals surface area (Å²) in [5.74, 6) is -0.825. The molecule has 1 aliphatic heterocycles. The summed E-state index contributed by atoms with van der Waals surface area (Å²) in [5, 5.41) is 8.93. The molecule has 0 aromatic heterocycles. The maximum atomic E-state index is 14.4. The first kappa shape index (κ1) is 35.9. The minimum absolute atomic E-state index is 0.0744. The molecule has 3 N–H and O–H groups in total. The van der Waals surface area contributed by atoms with Crippen molar-refractivity contribution in [1.29, 1.82) is 0 Å². The van der Waals surface area contributed by atoms with Gasteiger partial charge in [0.2, 0.25) is 11.8 Å². The van der Waals surface area contributed by atoms with Crippen LogP contribution in [0.3, 0.4) is 0 Å². The van der Waals surface area contributed by atoms with Gasteiger partial charge in [-0.25, -0.2) is 9.59 Å². The predicted molar refractivity (Wildman–Crippen MR) is 195 cm³/mol. The molecule has 270 valence electrons. The smallest absolute Gasteiger partial charge is 0.408 e. The summed E-state index contributed by atoms with van der Waals surface area (Å²) in [6, 6.07) is 21.8. The summed E-state index contributed by atoms with van der Waals surface area (Å²) in [6.45, 7) is 11.0. The third-order valence-corrected chi connectivity index (χ3v) is 10.0. The molecule has 0 bridgehead atoms. The highest BCUT2D eigenvalue weighted by molar-refractivity contribution is 5.93. The van der Waals surface area contributed by atoms with E-state index >= 15 is 0 Å². The second-order valence-corrected chi connectivity index (χ2v) is 16.0. The van der Waals surface area contributed by atoms with E-state index in [0.717, 1.165) is 47.1 Å². The van der Waals surface area contributed by atoms with Crippen molar-refractivity contribution in [2.45, 2.75) is 103 Å². The molecule has 0 spiro atoms. The number of nitrogens with one attached hydrogen (secondary N) is 3. The molecular formula is C41H50N4O6. The summed E-state index contributed by atoms with van der Waals surface area (Å²) in [4.78, 5) is 56.3. The number of alkyl carbamates (subject to hydrolysis) is 2. The Morgan fingerprint density at radius 1 is 0.804 bits per heavy atom. The second kappa shape index (κ2) is 14.4. The van der Waals surface area contributed by atoms with Gasteiger partial charge >= 0.3 is 12.2 Å². The molecule has 4 atom stereocenters. The average molecular weight is 695 g/mol. The van der Waals surface area contributed by atoms with Gasteiger partial charge < -0.3 is 30.3 Å². The predicted octanol–water partition coefficient (Wildman–Crippen LogP) is 6.63. The Labute approximate surface area is 300 Å². The van der Waals surface area contributed by atoms with Crippen LogP contribution in [0.5, 0.6) is 0 Å². The van der Waals surface area contributed by atoms with Gasteiger partial charge in [-0.2, -0.15) is 0 Å². The molecule has 51 heavy (non-hydrogen) atoms. The largest absolute Gasteiger partial charge is 0.449 e. The molecule has 1 fully saturated rings. The first-order valence-electron chi connectivity index (χ1n) is 18.0. The number of nitrogens with zero attached hydrogens (tertiary/aromatic N) is 1. The molecule has 10 heteroatoms. The maximum absolute atomic E-state index is 14.4.